The summed E-state index contributed by atoms with van der Waals surface area (Å²) in [7, 11) is 0. The topological polar surface area (TPSA) is 73.5 Å². The molecule has 0 aliphatic carbocycles. The first-order chi connectivity index (χ1) is 15.5. The zero-order chi connectivity index (χ0) is 22.2. The van der Waals surface area contributed by atoms with E-state index >= 15 is 0 Å². The number of nitrogens with zero attached hydrogens (tertiary/aromatic N) is 1. The number of nitrogens with one attached hydrogen (secondary N) is 3. The molecule has 5 rings (SSSR count). The van der Waals surface area contributed by atoms with Crippen LogP contribution in [0.5, 0.6) is 0 Å². The minimum Gasteiger partial charge on any atom is -0.384 e. The van der Waals surface area contributed by atoms with E-state index in [1.54, 1.807) is 35.3 Å². The molecule has 32 heavy (non-hydrogen) atoms. The Morgan fingerprint density at radius 2 is 1.91 bits per heavy atom. The van der Waals surface area contributed by atoms with Crippen LogP contribution in [0.4, 0.5) is 15.8 Å². The largest absolute Gasteiger partial charge is 0.384 e. The Hall–Kier alpha value is -3.71. The van der Waals surface area contributed by atoms with Crippen LogP contribution < -0.4 is 21.1 Å². The summed E-state index contributed by atoms with van der Waals surface area (Å²) < 4.78 is 13.8. The van der Waals surface area contributed by atoms with Gasteiger partial charge in [-0.2, -0.15) is 0 Å². The van der Waals surface area contributed by atoms with Crippen LogP contribution in [0.1, 0.15) is 33.1 Å². The summed E-state index contributed by atoms with van der Waals surface area (Å²) in [6.45, 7) is 2.62. The number of fused-ring (bicyclic) bond motifs is 3. The van der Waals surface area contributed by atoms with Crippen molar-refractivity contribution in [2.24, 2.45) is 5.92 Å². The van der Waals surface area contributed by atoms with Gasteiger partial charge in [0.1, 0.15) is 5.82 Å². The fraction of sp³-hybridized carbons (Fsp3) is 0.200. The lowest BCUT2D eigenvalue weighted by atomic mass is 9.88. The van der Waals surface area contributed by atoms with Gasteiger partial charge in [-0.3, -0.25) is 9.59 Å². The van der Waals surface area contributed by atoms with Crippen molar-refractivity contribution >= 4 is 23.2 Å². The van der Waals surface area contributed by atoms with Gasteiger partial charge in [-0.15, -0.1) is 0 Å². The molecule has 7 heteroatoms. The highest BCUT2D eigenvalue weighted by atomic mass is 19.1. The molecular weight excluding hydrogens is 407 g/mol. The van der Waals surface area contributed by atoms with Crippen LogP contribution in [0.15, 0.2) is 66.7 Å². The zero-order valence-corrected chi connectivity index (χ0v) is 17.6. The van der Waals surface area contributed by atoms with E-state index in [0.717, 1.165) is 22.5 Å². The molecule has 2 aliphatic heterocycles. The average molecular weight is 430 g/mol. The normalized spacial score (nSPS) is 19.2. The lowest BCUT2D eigenvalue weighted by Gasteiger charge is -2.27. The lowest BCUT2D eigenvalue weighted by Crippen LogP contribution is -2.35. The Kier molecular flexibility index (Phi) is 5.11. The molecule has 3 N–H and O–H groups in total. The lowest BCUT2D eigenvalue weighted by molar-refractivity contribution is -0.120. The number of hydrazine groups is 1. The third-order valence-electron chi connectivity index (χ3n) is 6.06. The van der Waals surface area contributed by atoms with Crippen molar-refractivity contribution in [1.82, 2.24) is 10.7 Å². The predicted molar refractivity (Wildman–Crippen MR) is 121 cm³/mol. The Morgan fingerprint density at radius 3 is 2.69 bits per heavy atom. The van der Waals surface area contributed by atoms with Gasteiger partial charge < -0.3 is 10.6 Å². The highest BCUT2D eigenvalue weighted by Crippen LogP contribution is 2.39. The molecule has 1 fully saturated rings. The van der Waals surface area contributed by atoms with Crippen molar-refractivity contribution in [2.75, 3.05) is 16.9 Å². The van der Waals surface area contributed by atoms with E-state index in [1.165, 1.54) is 6.07 Å². The molecular formula is C25H23FN4O2. The third-order valence-corrected chi connectivity index (χ3v) is 6.06. The van der Waals surface area contributed by atoms with Crippen molar-refractivity contribution in [2.45, 2.75) is 19.5 Å². The summed E-state index contributed by atoms with van der Waals surface area (Å²) in [6.07, 6.45) is 0. The molecule has 0 spiro atoms. The van der Waals surface area contributed by atoms with Gasteiger partial charge in [-0.05, 0) is 48.9 Å². The standard InChI is InChI=1S/C25H23FN4O2/c1-15-6-9-18(10-7-15)30-25(32)20-14-27-22-11-8-16(12-19(22)23(20)29-30)24(31)28-13-17-4-2-3-5-21(17)26/h2-12,20,23,27,29H,13-14H2,1H3,(H,28,31). The Morgan fingerprint density at radius 1 is 1.12 bits per heavy atom. The second kappa shape index (κ2) is 8.09. The molecule has 0 aromatic heterocycles. The van der Waals surface area contributed by atoms with Crippen molar-refractivity contribution in [3.8, 4) is 0 Å². The maximum atomic E-state index is 13.8. The average Bonchev–Trinajstić information content (AvgIpc) is 3.15. The van der Waals surface area contributed by atoms with Gasteiger partial charge in [0, 0.05) is 29.9 Å². The molecule has 0 bridgehead atoms. The van der Waals surface area contributed by atoms with Gasteiger partial charge in [-0.1, -0.05) is 35.9 Å². The Bertz CT molecular complexity index is 1190. The van der Waals surface area contributed by atoms with Crippen LogP contribution in [-0.2, 0) is 11.3 Å². The molecule has 6 nitrogen and oxygen atoms in total. The van der Waals surface area contributed by atoms with Crippen molar-refractivity contribution < 1.29 is 14.0 Å². The number of benzene rings is 3. The molecule has 3 aromatic carbocycles. The van der Waals surface area contributed by atoms with Gasteiger partial charge in [0.2, 0.25) is 5.91 Å². The number of hydrogen-bond donors (Lipinski definition) is 3. The van der Waals surface area contributed by atoms with E-state index in [9.17, 15) is 14.0 Å². The minimum absolute atomic E-state index is 0.00795. The van der Waals surface area contributed by atoms with E-state index in [-0.39, 0.29) is 36.1 Å². The highest BCUT2D eigenvalue weighted by molar-refractivity contribution is 5.99. The van der Waals surface area contributed by atoms with Crippen molar-refractivity contribution in [3.05, 3.63) is 94.8 Å². The summed E-state index contributed by atoms with van der Waals surface area (Å²) in [5.74, 6) is -0.931. The predicted octanol–water partition coefficient (Wildman–Crippen LogP) is 3.70. The maximum absolute atomic E-state index is 13.8. The molecule has 162 valence electrons. The third kappa shape index (κ3) is 3.61. The number of amides is 2. The summed E-state index contributed by atoms with van der Waals surface area (Å²) in [5, 5.41) is 7.68. The molecule has 2 atom stereocenters. The van der Waals surface area contributed by atoms with Crippen LogP contribution in [-0.4, -0.2) is 18.4 Å². The minimum atomic E-state index is -0.352. The first-order valence-electron chi connectivity index (χ1n) is 10.6. The molecule has 0 saturated carbocycles. The van der Waals surface area contributed by atoms with Crippen LogP contribution in [0.25, 0.3) is 0 Å². The first kappa shape index (κ1) is 20.2. The smallest absolute Gasteiger partial charge is 0.251 e. The van der Waals surface area contributed by atoms with Gasteiger partial charge in [0.25, 0.3) is 5.91 Å². The van der Waals surface area contributed by atoms with Crippen LogP contribution in [0, 0.1) is 18.7 Å². The molecule has 1 saturated heterocycles. The van der Waals surface area contributed by atoms with Crippen LogP contribution >= 0.6 is 0 Å². The summed E-state index contributed by atoms with van der Waals surface area (Å²) in [4.78, 5) is 25.8. The van der Waals surface area contributed by atoms with E-state index < -0.39 is 0 Å². The first-order valence-corrected chi connectivity index (χ1v) is 10.6. The maximum Gasteiger partial charge on any atom is 0.251 e. The number of aryl methyl sites for hydroxylation is 1. The van der Waals surface area contributed by atoms with Crippen molar-refractivity contribution in [1.29, 1.82) is 0 Å². The Labute approximate surface area is 185 Å². The van der Waals surface area contributed by atoms with E-state index in [1.807, 2.05) is 37.3 Å². The zero-order valence-electron chi connectivity index (χ0n) is 17.6. The Balaban J connectivity index is 1.37. The monoisotopic (exact) mass is 430 g/mol. The molecule has 2 aliphatic rings. The van der Waals surface area contributed by atoms with Crippen LogP contribution in [0.2, 0.25) is 0 Å². The second-order valence-electron chi connectivity index (χ2n) is 8.18. The van der Waals surface area contributed by atoms with E-state index in [0.29, 0.717) is 17.7 Å². The number of hydrogen-bond acceptors (Lipinski definition) is 4. The fourth-order valence-corrected chi connectivity index (χ4v) is 4.25. The number of rotatable bonds is 4. The second-order valence-corrected chi connectivity index (χ2v) is 8.18. The van der Waals surface area contributed by atoms with Crippen molar-refractivity contribution in [3.63, 3.8) is 0 Å². The van der Waals surface area contributed by atoms with Gasteiger partial charge in [0.15, 0.2) is 0 Å². The summed E-state index contributed by atoms with van der Waals surface area (Å²) in [5.41, 5.74) is 7.88. The SMILES string of the molecule is Cc1ccc(N2NC3c4cc(C(=O)NCc5ccccc5F)ccc4NCC3C2=O)cc1. The quantitative estimate of drug-likeness (QED) is 0.590. The van der Waals surface area contributed by atoms with Gasteiger partial charge in [-0.25, -0.2) is 14.8 Å². The number of carbonyl (C=O) groups is 2. The number of anilines is 2. The molecule has 0 radical (unpaired) electrons. The molecule has 2 heterocycles. The number of carbonyl (C=O) groups excluding carboxylic acids is 2. The van der Waals surface area contributed by atoms with Gasteiger partial charge >= 0.3 is 0 Å². The summed E-state index contributed by atoms with van der Waals surface area (Å²) >= 11 is 0. The molecule has 3 aromatic rings. The fourth-order valence-electron chi connectivity index (χ4n) is 4.25. The van der Waals surface area contributed by atoms with Crippen LogP contribution in [0.3, 0.4) is 0 Å². The van der Waals surface area contributed by atoms with E-state index in [4.69, 9.17) is 0 Å². The van der Waals surface area contributed by atoms with E-state index in [2.05, 4.69) is 16.1 Å². The number of halogens is 1. The summed E-state index contributed by atoms with van der Waals surface area (Å²) in [6, 6.07) is 19.3. The molecule has 2 amide bonds. The van der Waals surface area contributed by atoms with Gasteiger partial charge in [0.05, 0.1) is 17.6 Å². The highest BCUT2D eigenvalue weighted by Gasteiger charge is 2.44. The molecule has 2 unspecified atom stereocenters.